The molecule has 3 rings (SSSR count). The molecule has 0 amide bonds. The molecule has 0 saturated carbocycles. The van der Waals surface area contributed by atoms with Crippen molar-refractivity contribution in [2.24, 2.45) is 0 Å². The zero-order valence-corrected chi connectivity index (χ0v) is 17.5. The standard InChI is InChI=1S/C24H28N2O3/c1-16-7-5-8-19(11-16)13-25-14-22-17(2)26(18(3)23(22)24(27)28)15-20-9-6-10-21(12-20)29-4/h5-12,25H,13-15H2,1-4H3,(H,27,28). The Labute approximate surface area is 172 Å². The van der Waals surface area contributed by atoms with E-state index < -0.39 is 5.97 Å². The first-order chi connectivity index (χ1) is 13.9. The molecule has 0 radical (unpaired) electrons. The van der Waals surface area contributed by atoms with Crippen molar-refractivity contribution in [3.8, 4) is 5.75 Å². The molecule has 0 atom stereocenters. The summed E-state index contributed by atoms with van der Waals surface area (Å²) in [5, 5.41) is 13.2. The van der Waals surface area contributed by atoms with Crippen molar-refractivity contribution < 1.29 is 14.6 Å². The number of aryl methyl sites for hydroxylation is 1. The van der Waals surface area contributed by atoms with Gasteiger partial charge in [-0.05, 0) is 44.0 Å². The van der Waals surface area contributed by atoms with Crippen molar-refractivity contribution in [3.05, 3.63) is 87.7 Å². The molecule has 152 valence electrons. The first kappa shape index (κ1) is 20.7. The van der Waals surface area contributed by atoms with Crippen molar-refractivity contribution in [2.75, 3.05) is 7.11 Å². The number of nitrogens with one attached hydrogen (secondary N) is 1. The lowest BCUT2D eigenvalue weighted by atomic mass is 10.1. The van der Waals surface area contributed by atoms with Crippen molar-refractivity contribution in [1.82, 2.24) is 9.88 Å². The predicted molar refractivity (Wildman–Crippen MR) is 115 cm³/mol. The summed E-state index contributed by atoms with van der Waals surface area (Å²) in [7, 11) is 1.64. The van der Waals surface area contributed by atoms with Crippen LogP contribution < -0.4 is 10.1 Å². The van der Waals surface area contributed by atoms with E-state index in [2.05, 4.69) is 35.0 Å². The van der Waals surface area contributed by atoms with Gasteiger partial charge in [0.25, 0.3) is 0 Å². The third kappa shape index (κ3) is 4.69. The van der Waals surface area contributed by atoms with Crippen molar-refractivity contribution in [1.29, 1.82) is 0 Å². The fourth-order valence-corrected chi connectivity index (χ4v) is 3.79. The Morgan fingerprint density at radius 1 is 1.00 bits per heavy atom. The number of ether oxygens (including phenoxy) is 1. The summed E-state index contributed by atoms with van der Waals surface area (Å²) in [4.78, 5) is 12.0. The van der Waals surface area contributed by atoms with Crippen LogP contribution in [0.5, 0.6) is 5.75 Å². The molecule has 0 aliphatic heterocycles. The Hall–Kier alpha value is -3.05. The molecule has 0 unspecified atom stereocenters. The van der Waals surface area contributed by atoms with Gasteiger partial charge in [0, 0.05) is 36.6 Å². The summed E-state index contributed by atoms with van der Waals surface area (Å²) < 4.78 is 7.38. The Bertz CT molecular complexity index is 1020. The van der Waals surface area contributed by atoms with E-state index in [-0.39, 0.29) is 0 Å². The summed E-state index contributed by atoms with van der Waals surface area (Å²) in [6.07, 6.45) is 0. The second kappa shape index (κ2) is 8.97. The maximum absolute atomic E-state index is 12.0. The van der Waals surface area contributed by atoms with Crippen LogP contribution in [0.3, 0.4) is 0 Å². The third-order valence-corrected chi connectivity index (χ3v) is 5.31. The maximum atomic E-state index is 12.0. The van der Waals surface area contributed by atoms with Gasteiger partial charge in [-0.1, -0.05) is 42.0 Å². The van der Waals surface area contributed by atoms with E-state index in [4.69, 9.17) is 4.74 Å². The van der Waals surface area contributed by atoms with Crippen LogP contribution in [0.25, 0.3) is 0 Å². The van der Waals surface area contributed by atoms with E-state index in [1.54, 1.807) is 7.11 Å². The van der Waals surface area contributed by atoms with Gasteiger partial charge in [0.1, 0.15) is 5.75 Å². The molecule has 2 aromatic carbocycles. The van der Waals surface area contributed by atoms with Gasteiger partial charge in [-0.25, -0.2) is 4.79 Å². The molecule has 0 saturated heterocycles. The zero-order chi connectivity index (χ0) is 21.0. The minimum atomic E-state index is -0.887. The smallest absolute Gasteiger partial charge is 0.337 e. The van der Waals surface area contributed by atoms with Gasteiger partial charge in [-0.15, -0.1) is 0 Å². The summed E-state index contributed by atoms with van der Waals surface area (Å²) >= 11 is 0. The highest BCUT2D eigenvalue weighted by Crippen LogP contribution is 2.25. The van der Waals surface area contributed by atoms with Gasteiger partial charge in [0.2, 0.25) is 0 Å². The monoisotopic (exact) mass is 392 g/mol. The minimum Gasteiger partial charge on any atom is -0.497 e. The van der Waals surface area contributed by atoms with E-state index in [0.717, 1.165) is 28.3 Å². The molecule has 0 fully saturated rings. The Morgan fingerprint density at radius 3 is 2.41 bits per heavy atom. The molecule has 0 aliphatic carbocycles. The van der Waals surface area contributed by atoms with Crippen molar-refractivity contribution in [3.63, 3.8) is 0 Å². The zero-order valence-electron chi connectivity index (χ0n) is 17.5. The summed E-state index contributed by atoms with van der Waals surface area (Å²) in [5.41, 5.74) is 6.44. The largest absolute Gasteiger partial charge is 0.497 e. The average Bonchev–Trinajstić information content (AvgIpc) is 2.93. The number of carboxylic acids is 1. The lowest BCUT2D eigenvalue weighted by molar-refractivity contribution is 0.0694. The summed E-state index contributed by atoms with van der Waals surface area (Å²) in [6.45, 7) is 7.74. The number of aromatic nitrogens is 1. The number of methoxy groups -OCH3 is 1. The average molecular weight is 392 g/mol. The van der Waals surface area contributed by atoms with Crippen LogP contribution in [0.2, 0.25) is 0 Å². The van der Waals surface area contributed by atoms with Crippen LogP contribution in [0.1, 0.15) is 44.0 Å². The fourth-order valence-electron chi connectivity index (χ4n) is 3.79. The Kier molecular flexibility index (Phi) is 6.39. The second-order valence-electron chi connectivity index (χ2n) is 7.36. The van der Waals surface area contributed by atoms with E-state index in [9.17, 15) is 9.90 Å². The number of hydrogen-bond donors (Lipinski definition) is 2. The lowest BCUT2D eigenvalue weighted by Crippen LogP contribution is -2.15. The number of aromatic carboxylic acids is 1. The number of carboxylic acid groups (broad SMARTS) is 1. The van der Waals surface area contributed by atoms with Gasteiger partial charge < -0.3 is 19.7 Å². The Morgan fingerprint density at radius 2 is 1.72 bits per heavy atom. The molecule has 0 bridgehead atoms. The van der Waals surface area contributed by atoms with Crippen molar-refractivity contribution in [2.45, 2.75) is 40.4 Å². The van der Waals surface area contributed by atoms with E-state index in [1.807, 2.05) is 44.2 Å². The Balaban J connectivity index is 1.84. The molecule has 0 aliphatic rings. The van der Waals surface area contributed by atoms with Gasteiger partial charge in [-0.3, -0.25) is 0 Å². The van der Waals surface area contributed by atoms with E-state index in [0.29, 0.717) is 25.2 Å². The second-order valence-corrected chi connectivity index (χ2v) is 7.36. The lowest BCUT2D eigenvalue weighted by Gasteiger charge is -2.11. The molecular weight excluding hydrogens is 364 g/mol. The molecule has 5 nitrogen and oxygen atoms in total. The van der Waals surface area contributed by atoms with Crippen LogP contribution in [0, 0.1) is 20.8 Å². The summed E-state index contributed by atoms with van der Waals surface area (Å²) in [6, 6.07) is 16.2. The van der Waals surface area contributed by atoms with Crippen LogP contribution >= 0.6 is 0 Å². The maximum Gasteiger partial charge on any atom is 0.337 e. The van der Waals surface area contributed by atoms with E-state index >= 15 is 0 Å². The van der Waals surface area contributed by atoms with Crippen LogP contribution in [-0.4, -0.2) is 22.8 Å². The molecule has 1 heterocycles. The summed E-state index contributed by atoms with van der Waals surface area (Å²) in [5.74, 6) is -0.0918. The number of rotatable bonds is 8. The number of hydrogen-bond acceptors (Lipinski definition) is 3. The van der Waals surface area contributed by atoms with Gasteiger partial charge >= 0.3 is 5.97 Å². The topological polar surface area (TPSA) is 63.5 Å². The highest BCUT2D eigenvalue weighted by molar-refractivity contribution is 5.91. The quantitative estimate of drug-likeness (QED) is 0.594. The van der Waals surface area contributed by atoms with Crippen LogP contribution in [0.15, 0.2) is 48.5 Å². The number of benzene rings is 2. The predicted octanol–water partition coefficient (Wildman–Crippen LogP) is 4.46. The molecule has 29 heavy (non-hydrogen) atoms. The van der Waals surface area contributed by atoms with Gasteiger partial charge in [0.15, 0.2) is 0 Å². The molecule has 2 N–H and O–H groups in total. The molecule has 3 aromatic rings. The number of carbonyl (C=O) groups is 1. The molecule has 5 heteroatoms. The first-order valence-electron chi connectivity index (χ1n) is 9.71. The third-order valence-electron chi connectivity index (χ3n) is 5.31. The molecule has 0 spiro atoms. The van der Waals surface area contributed by atoms with Gasteiger partial charge in [-0.2, -0.15) is 0 Å². The van der Waals surface area contributed by atoms with Crippen LogP contribution in [0.4, 0.5) is 0 Å². The molecule has 1 aromatic heterocycles. The van der Waals surface area contributed by atoms with Gasteiger partial charge in [0.05, 0.1) is 12.7 Å². The first-order valence-corrected chi connectivity index (χ1v) is 9.71. The SMILES string of the molecule is COc1cccc(Cn2c(C)c(CNCc3cccc(C)c3)c(C(=O)O)c2C)c1. The van der Waals surface area contributed by atoms with E-state index in [1.165, 1.54) is 11.1 Å². The fraction of sp³-hybridized carbons (Fsp3) is 0.292. The normalized spacial score (nSPS) is 10.9. The minimum absolute atomic E-state index is 0.391. The van der Waals surface area contributed by atoms with Crippen LogP contribution in [-0.2, 0) is 19.6 Å². The number of nitrogens with zero attached hydrogens (tertiary/aromatic N) is 1. The highest BCUT2D eigenvalue weighted by atomic mass is 16.5. The molecular formula is C24H28N2O3. The highest BCUT2D eigenvalue weighted by Gasteiger charge is 2.22. The van der Waals surface area contributed by atoms with Crippen molar-refractivity contribution >= 4 is 5.97 Å².